The Labute approximate surface area is 151 Å². The maximum atomic E-state index is 12.7. The molecule has 9 heteroatoms. The van der Waals surface area contributed by atoms with E-state index in [1.807, 2.05) is 4.90 Å². The van der Waals surface area contributed by atoms with Gasteiger partial charge in [0.25, 0.3) is 11.6 Å². The van der Waals surface area contributed by atoms with E-state index in [-0.39, 0.29) is 36.0 Å². The van der Waals surface area contributed by atoms with Gasteiger partial charge in [0.05, 0.1) is 11.5 Å². The Hall–Kier alpha value is -2.19. The smallest absolute Gasteiger partial charge is 0.270 e. The van der Waals surface area contributed by atoms with Crippen LogP contribution in [-0.2, 0) is 4.79 Å². The minimum Gasteiger partial charge on any atom is -0.337 e. The van der Waals surface area contributed by atoms with Crippen LogP contribution in [0.2, 0.25) is 0 Å². The molecular weight excluding hydrogens is 348 g/mol. The molecule has 2 aliphatic rings. The highest BCUT2D eigenvalue weighted by Crippen LogP contribution is 2.20. The van der Waals surface area contributed by atoms with Crippen molar-refractivity contribution in [1.82, 2.24) is 15.1 Å². The summed E-state index contributed by atoms with van der Waals surface area (Å²) in [5.74, 6) is -0.151. The van der Waals surface area contributed by atoms with E-state index >= 15 is 0 Å². The lowest BCUT2D eigenvalue weighted by Crippen LogP contribution is -2.57. The van der Waals surface area contributed by atoms with Gasteiger partial charge in [-0.3, -0.25) is 19.7 Å². The quantitative estimate of drug-likeness (QED) is 0.635. The van der Waals surface area contributed by atoms with E-state index < -0.39 is 4.92 Å². The highest BCUT2D eigenvalue weighted by Gasteiger charge is 2.32. The van der Waals surface area contributed by atoms with Gasteiger partial charge in [0, 0.05) is 49.9 Å². The standard InChI is InChI=1S/C16H20N4O4.ClH/c21-15-10-17-6-8-19(15)14-5-2-7-18(11-14)16(22)12-3-1-4-13(9-12)20(23)24;/h1,3-4,9,14,17H,2,5-8,10-11H2;1H. The first-order valence-corrected chi connectivity index (χ1v) is 8.10. The molecule has 25 heavy (non-hydrogen) atoms. The Morgan fingerprint density at radius 2 is 2.12 bits per heavy atom. The molecule has 8 nitrogen and oxygen atoms in total. The zero-order valence-corrected chi connectivity index (χ0v) is 14.5. The summed E-state index contributed by atoms with van der Waals surface area (Å²) in [6, 6.07) is 5.81. The summed E-state index contributed by atoms with van der Waals surface area (Å²) in [5.41, 5.74) is 0.225. The number of rotatable bonds is 3. The van der Waals surface area contributed by atoms with Crippen molar-refractivity contribution < 1.29 is 14.5 Å². The van der Waals surface area contributed by atoms with E-state index in [0.717, 1.165) is 19.4 Å². The lowest BCUT2D eigenvalue weighted by molar-refractivity contribution is -0.384. The topological polar surface area (TPSA) is 95.8 Å². The first-order chi connectivity index (χ1) is 11.6. The van der Waals surface area contributed by atoms with E-state index in [4.69, 9.17) is 0 Å². The molecular formula is C16H21ClN4O4. The molecule has 0 aromatic heterocycles. The van der Waals surface area contributed by atoms with Crippen LogP contribution in [0.4, 0.5) is 5.69 Å². The fourth-order valence-electron chi connectivity index (χ4n) is 3.34. The van der Waals surface area contributed by atoms with Crippen LogP contribution in [0.3, 0.4) is 0 Å². The average Bonchev–Trinajstić information content (AvgIpc) is 2.61. The third-order valence-electron chi connectivity index (χ3n) is 4.55. The van der Waals surface area contributed by atoms with Crippen LogP contribution in [-0.4, -0.2) is 65.3 Å². The Morgan fingerprint density at radius 3 is 2.84 bits per heavy atom. The molecule has 2 amide bonds. The average molecular weight is 369 g/mol. The highest BCUT2D eigenvalue weighted by molar-refractivity contribution is 5.95. The number of nitrogens with zero attached hydrogens (tertiary/aromatic N) is 3. The summed E-state index contributed by atoms with van der Waals surface area (Å²) in [5, 5.41) is 13.9. The van der Waals surface area contributed by atoms with Crippen molar-refractivity contribution in [1.29, 1.82) is 0 Å². The number of nitro groups is 1. The highest BCUT2D eigenvalue weighted by atomic mass is 35.5. The molecule has 2 heterocycles. The fourth-order valence-corrected chi connectivity index (χ4v) is 3.34. The Bertz CT molecular complexity index is 669. The van der Waals surface area contributed by atoms with Gasteiger partial charge in [-0.1, -0.05) is 6.07 Å². The normalized spacial score (nSPS) is 20.8. The second-order valence-electron chi connectivity index (χ2n) is 6.12. The van der Waals surface area contributed by atoms with E-state index in [1.165, 1.54) is 18.2 Å². The molecule has 2 fully saturated rings. The minimum absolute atomic E-state index is 0. The van der Waals surface area contributed by atoms with E-state index in [9.17, 15) is 19.7 Å². The van der Waals surface area contributed by atoms with Crippen LogP contribution < -0.4 is 5.32 Å². The van der Waals surface area contributed by atoms with E-state index in [0.29, 0.717) is 31.7 Å². The van der Waals surface area contributed by atoms with Gasteiger partial charge in [0.2, 0.25) is 5.91 Å². The number of piperidine rings is 1. The molecule has 0 spiro atoms. The van der Waals surface area contributed by atoms with Gasteiger partial charge < -0.3 is 15.1 Å². The number of nitrogens with one attached hydrogen (secondary N) is 1. The van der Waals surface area contributed by atoms with Gasteiger partial charge in [-0.05, 0) is 18.9 Å². The van der Waals surface area contributed by atoms with Gasteiger partial charge >= 0.3 is 0 Å². The largest absolute Gasteiger partial charge is 0.337 e. The van der Waals surface area contributed by atoms with Crippen molar-refractivity contribution >= 4 is 29.9 Å². The summed E-state index contributed by atoms with van der Waals surface area (Å²) in [6.45, 7) is 2.85. The number of benzene rings is 1. The van der Waals surface area contributed by atoms with Crippen molar-refractivity contribution in [2.75, 3.05) is 32.7 Å². The van der Waals surface area contributed by atoms with Crippen molar-refractivity contribution in [2.24, 2.45) is 0 Å². The Kier molecular flexibility index (Phi) is 6.33. The van der Waals surface area contributed by atoms with Crippen LogP contribution >= 0.6 is 12.4 Å². The predicted octanol–water partition coefficient (Wildman–Crippen LogP) is 1.05. The Balaban J connectivity index is 0.00000225. The van der Waals surface area contributed by atoms with Crippen molar-refractivity contribution in [3.63, 3.8) is 0 Å². The molecule has 0 bridgehead atoms. The van der Waals surface area contributed by atoms with E-state index in [2.05, 4.69) is 5.32 Å². The van der Waals surface area contributed by atoms with E-state index in [1.54, 1.807) is 11.0 Å². The fraction of sp³-hybridized carbons (Fsp3) is 0.500. The molecule has 0 saturated carbocycles. The summed E-state index contributed by atoms with van der Waals surface area (Å²) < 4.78 is 0. The van der Waals surface area contributed by atoms with Crippen LogP contribution in [0.15, 0.2) is 24.3 Å². The molecule has 2 aliphatic heterocycles. The van der Waals surface area contributed by atoms with Gasteiger partial charge in [0.1, 0.15) is 0 Å². The first-order valence-electron chi connectivity index (χ1n) is 8.10. The third-order valence-corrected chi connectivity index (χ3v) is 4.55. The maximum absolute atomic E-state index is 12.7. The number of piperazine rings is 1. The second-order valence-corrected chi connectivity index (χ2v) is 6.12. The number of non-ortho nitro benzene ring substituents is 1. The number of carbonyl (C=O) groups excluding carboxylic acids is 2. The van der Waals surface area contributed by atoms with Gasteiger partial charge in [-0.15, -0.1) is 12.4 Å². The third kappa shape index (κ3) is 4.26. The van der Waals surface area contributed by atoms with Crippen LogP contribution in [0.5, 0.6) is 0 Å². The number of hydrogen-bond donors (Lipinski definition) is 1. The minimum atomic E-state index is -0.505. The van der Waals surface area contributed by atoms with Crippen molar-refractivity contribution in [3.05, 3.63) is 39.9 Å². The molecule has 136 valence electrons. The molecule has 2 saturated heterocycles. The number of nitro benzene ring substituents is 1. The number of likely N-dealkylation sites (tertiary alicyclic amines) is 1. The van der Waals surface area contributed by atoms with Crippen LogP contribution in [0, 0.1) is 10.1 Å². The lowest BCUT2D eigenvalue weighted by Gasteiger charge is -2.41. The molecule has 1 N–H and O–H groups in total. The summed E-state index contributed by atoms with van der Waals surface area (Å²) in [7, 11) is 0. The monoisotopic (exact) mass is 368 g/mol. The molecule has 0 radical (unpaired) electrons. The number of carbonyl (C=O) groups is 2. The molecule has 0 aliphatic carbocycles. The number of amides is 2. The summed E-state index contributed by atoms with van der Waals surface area (Å²) in [4.78, 5) is 38.6. The molecule has 1 aromatic rings. The summed E-state index contributed by atoms with van der Waals surface area (Å²) >= 11 is 0. The predicted molar refractivity (Wildman–Crippen MR) is 93.9 cm³/mol. The number of halogens is 1. The maximum Gasteiger partial charge on any atom is 0.270 e. The second kappa shape index (κ2) is 8.26. The zero-order chi connectivity index (χ0) is 17.1. The zero-order valence-electron chi connectivity index (χ0n) is 13.7. The summed E-state index contributed by atoms with van der Waals surface area (Å²) in [6.07, 6.45) is 1.70. The van der Waals surface area contributed by atoms with Crippen LogP contribution in [0.1, 0.15) is 23.2 Å². The molecule has 1 aromatic carbocycles. The van der Waals surface area contributed by atoms with Gasteiger partial charge in [0.15, 0.2) is 0 Å². The molecule has 3 rings (SSSR count). The SMILES string of the molecule is Cl.O=C(c1cccc([N+](=O)[O-])c1)N1CCCC(N2CCNCC2=O)C1. The number of hydrogen-bond acceptors (Lipinski definition) is 5. The van der Waals surface area contributed by atoms with Crippen LogP contribution in [0.25, 0.3) is 0 Å². The molecule has 1 atom stereocenters. The van der Waals surface area contributed by atoms with Gasteiger partial charge in [-0.25, -0.2) is 0 Å². The van der Waals surface area contributed by atoms with Gasteiger partial charge in [-0.2, -0.15) is 0 Å². The molecule has 1 unspecified atom stereocenters. The Morgan fingerprint density at radius 1 is 1.32 bits per heavy atom. The van der Waals surface area contributed by atoms with Crippen molar-refractivity contribution in [3.8, 4) is 0 Å². The first kappa shape index (κ1) is 19.1. The van der Waals surface area contributed by atoms with Crippen molar-refractivity contribution in [2.45, 2.75) is 18.9 Å². The lowest BCUT2D eigenvalue weighted by atomic mass is 10.0.